The molecule has 0 unspecified atom stereocenters. The minimum absolute atomic E-state index is 0.689. The van der Waals surface area contributed by atoms with Crippen molar-refractivity contribution in [2.24, 2.45) is 0 Å². The standard InChI is InChI=1S/C40H24N2O2/c1-2-11-25(12-3-1)37-33-19-8-9-20-34(33)41-40(42-37)28-14-10-13-26(23-28)27-21-22-35-36(24-27)44-39-32-18-7-5-16-30(32)29-15-4-6-17-31(29)38(39)43-35/h1-24H. The molecule has 0 saturated heterocycles. The fraction of sp³-hybridized carbons (Fsp3) is 0. The Morgan fingerprint density at radius 1 is 0.364 bits per heavy atom. The lowest BCUT2D eigenvalue weighted by Gasteiger charge is -2.24. The smallest absolute Gasteiger partial charge is 0.178 e. The third-order valence-corrected chi connectivity index (χ3v) is 8.31. The van der Waals surface area contributed by atoms with Crippen molar-refractivity contribution in [2.75, 3.05) is 0 Å². The average Bonchev–Trinajstić information content (AvgIpc) is 3.11. The molecule has 1 aromatic heterocycles. The summed E-state index contributed by atoms with van der Waals surface area (Å²) in [7, 11) is 0. The Balaban J connectivity index is 1.14. The minimum atomic E-state index is 0.689. The van der Waals surface area contributed by atoms with Crippen LogP contribution in [0.2, 0.25) is 0 Å². The SMILES string of the molecule is c1ccc(-c2nc(-c3cccc(-c4ccc5c(c4)Oc4c(c6ccccc6c6ccccc46)O5)c3)nc3ccccc23)cc1. The van der Waals surface area contributed by atoms with Crippen molar-refractivity contribution in [3.8, 4) is 56.8 Å². The van der Waals surface area contributed by atoms with Gasteiger partial charge in [0.15, 0.2) is 28.8 Å². The number of ether oxygens (including phenoxy) is 2. The zero-order valence-corrected chi connectivity index (χ0v) is 23.6. The third-order valence-electron chi connectivity index (χ3n) is 8.31. The van der Waals surface area contributed by atoms with Crippen molar-refractivity contribution in [3.05, 3.63) is 146 Å². The largest absolute Gasteiger partial charge is 0.449 e. The highest BCUT2D eigenvalue weighted by Gasteiger charge is 2.25. The van der Waals surface area contributed by atoms with E-state index in [0.717, 1.165) is 71.9 Å². The molecule has 1 aliphatic rings. The molecule has 4 heteroatoms. The summed E-state index contributed by atoms with van der Waals surface area (Å²) in [5, 5.41) is 5.39. The summed E-state index contributed by atoms with van der Waals surface area (Å²) >= 11 is 0. The third kappa shape index (κ3) is 3.92. The van der Waals surface area contributed by atoms with Crippen molar-refractivity contribution in [1.29, 1.82) is 0 Å². The Bertz CT molecular complexity index is 2400. The van der Waals surface area contributed by atoms with Gasteiger partial charge < -0.3 is 9.47 Å². The van der Waals surface area contributed by atoms with Gasteiger partial charge in [-0.3, -0.25) is 0 Å². The van der Waals surface area contributed by atoms with Gasteiger partial charge in [0, 0.05) is 27.3 Å². The lowest BCUT2D eigenvalue weighted by atomic mass is 9.99. The number of hydrogen-bond donors (Lipinski definition) is 0. The average molecular weight is 565 g/mol. The second-order valence-corrected chi connectivity index (χ2v) is 11.0. The molecule has 9 rings (SSSR count). The summed E-state index contributed by atoms with van der Waals surface area (Å²) in [5.74, 6) is 3.58. The van der Waals surface area contributed by atoms with Gasteiger partial charge in [-0.1, -0.05) is 121 Å². The Morgan fingerprint density at radius 3 is 1.68 bits per heavy atom. The molecular weight excluding hydrogens is 540 g/mol. The van der Waals surface area contributed by atoms with Crippen molar-refractivity contribution in [2.45, 2.75) is 0 Å². The maximum atomic E-state index is 6.64. The quantitative estimate of drug-likeness (QED) is 0.200. The zero-order valence-electron chi connectivity index (χ0n) is 23.6. The lowest BCUT2D eigenvalue weighted by Crippen LogP contribution is -2.01. The first-order chi connectivity index (χ1) is 21.8. The zero-order chi connectivity index (χ0) is 29.0. The molecule has 8 aromatic rings. The number of fused-ring (bicyclic) bond motifs is 8. The van der Waals surface area contributed by atoms with Crippen LogP contribution in [0.4, 0.5) is 0 Å². The van der Waals surface area contributed by atoms with E-state index in [1.165, 1.54) is 0 Å². The van der Waals surface area contributed by atoms with Crippen molar-refractivity contribution in [1.82, 2.24) is 9.97 Å². The van der Waals surface area contributed by atoms with Crippen LogP contribution in [0.15, 0.2) is 146 Å². The van der Waals surface area contributed by atoms with Gasteiger partial charge in [-0.2, -0.15) is 0 Å². The first-order valence-electron chi connectivity index (χ1n) is 14.7. The lowest BCUT2D eigenvalue weighted by molar-refractivity contribution is 0.367. The van der Waals surface area contributed by atoms with Crippen LogP contribution < -0.4 is 9.47 Å². The fourth-order valence-corrected chi connectivity index (χ4v) is 6.21. The maximum Gasteiger partial charge on any atom is 0.178 e. The molecule has 0 radical (unpaired) electrons. The first kappa shape index (κ1) is 24.6. The van der Waals surface area contributed by atoms with Gasteiger partial charge in [0.1, 0.15) is 0 Å². The number of nitrogens with zero attached hydrogens (tertiary/aromatic N) is 2. The normalized spacial score (nSPS) is 12.0. The number of hydrogen-bond acceptors (Lipinski definition) is 4. The van der Waals surface area contributed by atoms with Crippen molar-refractivity contribution in [3.63, 3.8) is 0 Å². The fourth-order valence-electron chi connectivity index (χ4n) is 6.21. The summed E-state index contributed by atoms with van der Waals surface area (Å²) in [4.78, 5) is 10.0. The van der Waals surface area contributed by atoms with Crippen LogP contribution in [-0.2, 0) is 0 Å². The molecule has 0 spiro atoms. The Labute approximate surface area is 253 Å². The van der Waals surface area contributed by atoms with E-state index >= 15 is 0 Å². The van der Waals surface area contributed by atoms with Gasteiger partial charge in [-0.15, -0.1) is 0 Å². The molecule has 2 heterocycles. The second kappa shape index (κ2) is 9.79. The molecule has 0 amide bonds. The predicted molar refractivity (Wildman–Crippen MR) is 177 cm³/mol. The summed E-state index contributed by atoms with van der Waals surface area (Å²) in [6, 6.07) is 49.6. The van der Waals surface area contributed by atoms with E-state index in [-0.39, 0.29) is 0 Å². The minimum Gasteiger partial charge on any atom is -0.449 e. The van der Waals surface area contributed by atoms with Crippen LogP contribution in [-0.4, -0.2) is 9.97 Å². The molecule has 4 nitrogen and oxygen atoms in total. The van der Waals surface area contributed by atoms with E-state index in [0.29, 0.717) is 17.3 Å². The molecule has 7 aromatic carbocycles. The van der Waals surface area contributed by atoms with Gasteiger partial charge in [-0.25, -0.2) is 9.97 Å². The highest BCUT2D eigenvalue weighted by Crippen LogP contribution is 2.53. The van der Waals surface area contributed by atoms with Crippen molar-refractivity contribution >= 4 is 32.4 Å². The molecule has 0 atom stereocenters. The van der Waals surface area contributed by atoms with E-state index in [4.69, 9.17) is 19.4 Å². The summed E-state index contributed by atoms with van der Waals surface area (Å²) in [5.41, 5.74) is 5.92. The second-order valence-electron chi connectivity index (χ2n) is 11.0. The van der Waals surface area contributed by atoms with Crippen LogP contribution in [0.25, 0.3) is 66.2 Å². The molecule has 206 valence electrons. The Kier molecular flexibility index (Phi) is 5.47. The predicted octanol–water partition coefficient (Wildman–Crippen LogP) is 10.8. The van der Waals surface area contributed by atoms with Gasteiger partial charge in [0.05, 0.1) is 11.2 Å². The monoisotopic (exact) mass is 564 g/mol. The topological polar surface area (TPSA) is 44.2 Å². The Morgan fingerprint density at radius 2 is 0.932 bits per heavy atom. The van der Waals surface area contributed by atoms with Gasteiger partial charge in [-0.05, 0) is 46.2 Å². The number of rotatable bonds is 3. The number of para-hydroxylation sites is 1. The molecule has 0 aliphatic carbocycles. The van der Waals surface area contributed by atoms with E-state index < -0.39 is 0 Å². The van der Waals surface area contributed by atoms with Crippen LogP contribution >= 0.6 is 0 Å². The highest BCUT2D eigenvalue weighted by molar-refractivity contribution is 6.14. The van der Waals surface area contributed by atoms with Gasteiger partial charge in [0.2, 0.25) is 0 Å². The molecule has 0 N–H and O–H groups in total. The summed E-state index contributed by atoms with van der Waals surface area (Å²) in [6.45, 7) is 0. The van der Waals surface area contributed by atoms with Crippen LogP contribution in [0, 0.1) is 0 Å². The maximum absolute atomic E-state index is 6.64. The van der Waals surface area contributed by atoms with Crippen molar-refractivity contribution < 1.29 is 9.47 Å². The van der Waals surface area contributed by atoms with Gasteiger partial charge in [0.25, 0.3) is 0 Å². The van der Waals surface area contributed by atoms with E-state index in [1.807, 2.05) is 54.6 Å². The molecule has 44 heavy (non-hydrogen) atoms. The van der Waals surface area contributed by atoms with Crippen LogP contribution in [0.1, 0.15) is 0 Å². The molecule has 0 bridgehead atoms. The molecule has 1 aliphatic heterocycles. The molecular formula is C40H24N2O2. The van der Waals surface area contributed by atoms with E-state index in [2.05, 4.69) is 91.0 Å². The van der Waals surface area contributed by atoms with Crippen LogP contribution in [0.3, 0.4) is 0 Å². The van der Waals surface area contributed by atoms with Gasteiger partial charge >= 0.3 is 0 Å². The number of aromatic nitrogens is 2. The van der Waals surface area contributed by atoms with E-state index in [1.54, 1.807) is 0 Å². The van der Waals surface area contributed by atoms with E-state index in [9.17, 15) is 0 Å². The Hall–Kier alpha value is -6.00. The summed E-state index contributed by atoms with van der Waals surface area (Å²) in [6.07, 6.45) is 0. The molecule has 0 fully saturated rings. The first-order valence-corrected chi connectivity index (χ1v) is 14.7. The highest BCUT2D eigenvalue weighted by atomic mass is 16.6. The summed E-state index contributed by atoms with van der Waals surface area (Å²) < 4.78 is 13.2. The van der Waals surface area contributed by atoms with Crippen LogP contribution in [0.5, 0.6) is 23.0 Å². The molecule has 0 saturated carbocycles. The number of benzene rings is 7.